The maximum Gasteiger partial charge on any atom is 0.328 e. The first-order chi connectivity index (χ1) is 9.61. The highest BCUT2D eigenvalue weighted by molar-refractivity contribution is 6.41. The second-order valence-electron chi connectivity index (χ2n) is 4.61. The predicted octanol–water partition coefficient (Wildman–Crippen LogP) is 2.98. The number of halogens is 2. The van der Waals surface area contributed by atoms with Gasteiger partial charge in [0, 0.05) is 12.6 Å². The fraction of sp³-hybridized carbons (Fsp3) is 0.333. The molecule has 1 amide bonds. The molecule has 1 aliphatic carbocycles. The molecule has 2 heterocycles. The highest BCUT2D eigenvalue weighted by Gasteiger charge is 2.24. The molecule has 6 nitrogen and oxygen atoms in total. The Hall–Kier alpha value is -1.66. The second-order valence-corrected chi connectivity index (χ2v) is 5.38. The normalized spacial score (nSPS) is 14.3. The Morgan fingerprint density at radius 2 is 2.25 bits per heavy atom. The molecule has 0 spiro atoms. The van der Waals surface area contributed by atoms with Crippen LogP contribution < -0.4 is 5.32 Å². The molecular formula is C12H10Cl2N4O2. The van der Waals surface area contributed by atoms with E-state index in [1.807, 2.05) is 0 Å². The Morgan fingerprint density at radius 1 is 1.45 bits per heavy atom. The minimum atomic E-state index is -0.433. The summed E-state index contributed by atoms with van der Waals surface area (Å²) in [6, 6.07) is 1.49. The van der Waals surface area contributed by atoms with Crippen molar-refractivity contribution in [1.82, 2.24) is 15.1 Å². The smallest absolute Gasteiger partial charge is 0.315 e. The zero-order chi connectivity index (χ0) is 14.1. The first kappa shape index (κ1) is 13.3. The lowest BCUT2D eigenvalue weighted by Crippen LogP contribution is -2.12. The van der Waals surface area contributed by atoms with Crippen molar-refractivity contribution in [3.8, 4) is 0 Å². The summed E-state index contributed by atoms with van der Waals surface area (Å²) < 4.78 is 4.97. The number of carbonyl (C=O) groups is 1. The molecule has 20 heavy (non-hydrogen) atoms. The van der Waals surface area contributed by atoms with E-state index in [0.29, 0.717) is 11.7 Å². The largest absolute Gasteiger partial charge is 0.328 e. The molecule has 2 aromatic rings. The lowest BCUT2D eigenvalue weighted by atomic mass is 10.3. The molecule has 0 atom stereocenters. The van der Waals surface area contributed by atoms with Crippen LogP contribution in [0.1, 0.15) is 29.0 Å². The summed E-state index contributed by atoms with van der Waals surface area (Å²) in [4.78, 5) is 19.8. The number of carbonyl (C=O) groups excluding carboxylic acids is 1. The van der Waals surface area contributed by atoms with Gasteiger partial charge in [0.25, 0.3) is 5.91 Å². The monoisotopic (exact) mass is 312 g/mol. The van der Waals surface area contributed by atoms with E-state index in [-0.39, 0.29) is 21.8 Å². The van der Waals surface area contributed by atoms with Crippen molar-refractivity contribution in [2.45, 2.75) is 19.3 Å². The lowest BCUT2D eigenvalue weighted by molar-refractivity contribution is 0.102. The number of amides is 1. The predicted molar refractivity (Wildman–Crippen MR) is 72.9 cm³/mol. The fourth-order valence-electron chi connectivity index (χ4n) is 1.68. The van der Waals surface area contributed by atoms with Crippen LogP contribution in [0.3, 0.4) is 0 Å². The van der Waals surface area contributed by atoms with E-state index < -0.39 is 5.91 Å². The highest BCUT2D eigenvalue weighted by atomic mass is 35.5. The summed E-state index contributed by atoms with van der Waals surface area (Å²) in [5, 5.41) is 6.66. The highest BCUT2D eigenvalue weighted by Crippen LogP contribution is 2.31. The molecule has 8 heteroatoms. The van der Waals surface area contributed by atoms with Crippen molar-refractivity contribution in [3.63, 3.8) is 0 Å². The van der Waals surface area contributed by atoms with Crippen molar-refractivity contribution < 1.29 is 9.32 Å². The second kappa shape index (κ2) is 5.38. The van der Waals surface area contributed by atoms with Crippen molar-refractivity contribution in [3.05, 3.63) is 33.8 Å². The van der Waals surface area contributed by atoms with Gasteiger partial charge in [-0.25, -0.2) is 4.98 Å². The van der Waals surface area contributed by atoms with Crippen LogP contribution in [0.2, 0.25) is 10.2 Å². The van der Waals surface area contributed by atoms with E-state index in [9.17, 15) is 4.79 Å². The van der Waals surface area contributed by atoms with E-state index >= 15 is 0 Å². The van der Waals surface area contributed by atoms with Gasteiger partial charge in [-0.05, 0) is 24.8 Å². The van der Waals surface area contributed by atoms with Gasteiger partial charge in [-0.3, -0.25) is 10.1 Å². The zero-order valence-corrected chi connectivity index (χ0v) is 11.8. The van der Waals surface area contributed by atoms with Crippen LogP contribution in [0.15, 0.2) is 16.8 Å². The van der Waals surface area contributed by atoms with Crippen molar-refractivity contribution in [1.29, 1.82) is 0 Å². The Kier molecular flexibility index (Phi) is 3.58. The Labute approximate surface area is 124 Å². The van der Waals surface area contributed by atoms with Crippen LogP contribution in [0.25, 0.3) is 0 Å². The summed E-state index contributed by atoms with van der Waals surface area (Å²) in [5.74, 6) is 0.822. The molecule has 1 aliphatic rings. The number of hydrogen-bond acceptors (Lipinski definition) is 5. The molecule has 0 unspecified atom stereocenters. The lowest BCUT2D eigenvalue weighted by Gasteiger charge is -2.01. The maximum absolute atomic E-state index is 11.9. The third-order valence-electron chi connectivity index (χ3n) is 2.92. The summed E-state index contributed by atoms with van der Waals surface area (Å²) in [6.07, 6.45) is 4.51. The summed E-state index contributed by atoms with van der Waals surface area (Å²) in [6.45, 7) is 0. The van der Waals surface area contributed by atoms with Gasteiger partial charge in [-0.15, -0.1) is 0 Å². The minimum Gasteiger partial charge on any atom is -0.315 e. The van der Waals surface area contributed by atoms with Crippen LogP contribution in [-0.4, -0.2) is 21.0 Å². The molecule has 0 bridgehead atoms. The molecule has 3 rings (SSSR count). The van der Waals surface area contributed by atoms with Gasteiger partial charge >= 0.3 is 6.01 Å². The first-order valence-corrected chi connectivity index (χ1v) is 6.82. The molecule has 0 aromatic carbocycles. The third-order valence-corrected chi connectivity index (χ3v) is 3.60. The molecule has 0 saturated heterocycles. The fourth-order valence-corrected chi connectivity index (χ4v) is 1.95. The number of aromatic nitrogens is 3. The average molecular weight is 313 g/mol. The average Bonchev–Trinajstić information content (AvgIpc) is 3.12. The number of nitrogens with zero attached hydrogens (tertiary/aromatic N) is 3. The van der Waals surface area contributed by atoms with Gasteiger partial charge in [0.1, 0.15) is 5.15 Å². The van der Waals surface area contributed by atoms with Gasteiger partial charge in [0.15, 0.2) is 5.82 Å². The van der Waals surface area contributed by atoms with Gasteiger partial charge in [0.05, 0.1) is 10.6 Å². The molecule has 0 radical (unpaired) electrons. The standard InChI is InChI=1S/C12H10Cl2N4O2/c13-8-4-7(5-15-10(8)14)11(19)17-12-16-9(18-20-12)3-6-1-2-6/h4-6H,1-3H2,(H,16,17,18,19). The number of nitrogens with one attached hydrogen (secondary N) is 1. The summed E-state index contributed by atoms with van der Waals surface area (Å²) >= 11 is 11.5. The Morgan fingerprint density at radius 3 is 2.95 bits per heavy atom. The first-order valence-electron chi connectivity index (χ1n) is 6.07. The van der Waals surface area contributed by atoms with E-state index in [0.717, 1.165) is 6.42 Å². The maximum atomic E-state index is 11.9. The molecule has 1 fully saturated rings. The zero-order valence-electron chi connectivity index (χ0n) is 10.3. The van der Waals surface area contributed by atoms with Gasteiger partial charge in [0.2, 0.25) is 0 Å². The Balaban J connectivity index is 1.68. The van der Waals surface area contributed by atoms with Crippen LogP contribution in [-0.2, 0) is 6.42 Å². The Bertz CT molecular complexity index is 655. The van der Waals surface area contributed by atoms with Crippen molar-refractivity contribution in [2.75, 3.05) is 5.32 Å². The van der Waals surface area contributed by atoms with Crippen molar-refractivity contribution in [2.24, 2.45) is 5.92 Å². The summed E-state index contributed by atoms with van der Waals surface area (Å²) in [5.41, 5.74) is 0.265. The van der Waals surface area contributed by atoms with Crippen molar-refractivity contribution >= 4 is 35.1 Å². The SMILES string of the molecule is O=C(Nc1nc(CC2CC2)no1)c1cnc(Cl)c(Cl)c1. The molecule has 2 aromatic heterocycles. The number of anilines is 1. The molecule has 1 saturated carbocycles. The number of hydrogen-bond donors (Lipinski definition) is 1. The number of rotatable bonds is 4. The van der Waals surface area contributed by atoms with Crippen LogP contribution in [0.5, 0.6) is 0 Å². The van der Waals surface area contributed by atoms with E-state index in [4.69, 9.17) is 27.7 Å². The third kappa shape index (κ3) is 3.08. The molecular weight excluding hydrogens is 303 g/mol. The molecule has 1 N–H and O–H groups in total. The quantitative estimate of drug-likeness (QED) is 0.878. The van der Waals surface area contributed by atoms with Gasteiger partial charge in [-0.2, -0.15) is 4.98 Å². The van der Waals surface area contributed by atoms with Gasteiger partial charge in [-0.1, -0.05) is 28.4 Å². The van der Waals surface area contributed by atoms with Gasteiger partial charge < -0.3 is 4.52 Å². The van der Waals surface area contributed by atoms with Crippen LogP contribution >= 0.6 is 23.2 Å². The number of pyridine rings is 1. The molecule has 104 valence electrons. The molecule has 0 aliphatic heterocycles. The van der Waals surface area contributed by atoms with Crippen LogP contribution in [0.4, 0.5) is 6.01 Å². The van der Waals surface area contributed by atoms with E-state index in [1.165, 1.54) is 25.1 Å². The van der Waals surface area contributed by atoms with Crippen LogP contribution in [0, 0.1) is 5.92 Å². The topological polar surface area (TPSA) is 80.9 Å². The minimum absolute atomic E-state index is 0.0664. The summed E-state index contributed by atoms with van der Waals surface area (Å²) in [7, 11) is 0. The van der Waals surface area contributed by atoms with E-state index in [2.05, 4.69) is 20.4 Å². The van der Waals surface area contributed by atoms with E-state index in [1.54, 1.807) is 0 Å².